The third-order valence-electron chi connectivity index (χ3n) is 5.40. The monoisotopic (exact) mass is 436 g/mol. The molecular formula is C27H33ClN2O. The van der Waals surface area contributed by atoms with E-state index in [2.05, 4.69) is 0 Å². The fourth-order valence-electron chi connectivity index (χ4n) is 4.01. The maximum absolute atomic E-state index is 13.3. The van der Waals surface area contributed by atoms with Crippen LogP contribution in [0.25, 0.3) is 10.8 Å². The van der Waals surface area contributed by atoms with Gasteiger partial charge in [-0.3, -0.25) is 9.69 Å². The van der Waals surface area contributed by atoms with Crippen LogP contribution in [-0.2, 0) is 0 Å². The van der Waals surface area contributed by atoms with Crippen LogP contribution < -0.4 is 4.90 Å². The van der Waals surface area contributed by atoms with Crippen molar-refractivity contribution in [3.05, 3.63) is 69.2 Å². The molecule has 3 aromatic carbocycles. The molecule has 0 saturated carbocycles. The summed E-state index contributed by atoms with van der Waals surface area (Å²) in [5.41, 5.74) is 6.25. The second-order valence-corrected chi connectivity index (χ2v) is 7.05. The van der Waals surface area contributed by atoms with Gasteiger partial charge in [-0.05, 0) is 55.0 Å². The van der Waals surface area contributed by atoms with Crippen molar-refractivity contribution in [2.24, 2.45) is 4.99 Å². The lowest BCUT2D eigenvalue weighted by Gasteiger charge is -2.24. The van der Waals surface area contributed by atoms with E-state index in [4.69, 9.17) is 16.6 Å². The second-order valence-electron chi connectivity index (χ2n) is 6.67. The molecule has 3 nitrogen and oxygen atoms in total. The summed E-state index contributed by atoms with van der Waals surface area (Å²) in [4.78, 5) is 19.9. The Kier molecular flexibility index (Phi) is 8.02. The Balaban J connectivity index is 0.000000527. The number of carbonyl (C=O) groups excluding carboxylic acids is 1. The summed E-state index contributed by atoms with van der Waals surface area (Å²) >= 11 is 6.49. The Bertz CT molecular complexity index is 1160. The van der Waals surface area contributed by atoms with Crippen LogP contribution in [0.15, 0.2) is 41.4 Å². The van der Waals surface area contributed by atoms with E-state index in [1.807, 2.05) is 98.7 Å². The minimum Gasteiger partial charge on any atom is -0.268 e. The van der Waals surface area contributed by atoms with Crippen molar-refractivity contribution >= 4 is 45.5 Å². The molecule has 0 aliphatic carbocycles. The summed E-state index contributed by atoms with van der Waals surface area (Å²) in [5.74, 6) is 0.671. The van der Waals surface area contributed by atoms with Gasteiger partial charge in [0.2, 0.25) is 0 Å². The highest BCUT2D eigenvalue weighted by Crippen LogP contribution is 2.45. The van der Waals surface area contributed by atoms with Crippen molar-refractivity contribution in [3.8, 4) is 0 Å². The maximum Gasteiger partial charge on any atom is 0.265 e. The highest BCUT2D eigenvalue weighted by atomic mass is 35.5. The van der Waals surface area contributed by atoms with Crippen LogP contribution >= 0.6 is 11.6 Å². The van der Waals surface area contributed by atoms with Gasteiger partial charge in [0.15, 0.2) is 0 Å². The van der Waals surface area contributed by atoms with Crippen LogP contribution in [0.2, 0.25) is 5.02 Å². The van der Waals surface area contributed by atoms with Gasteiger partial charge in [-0.2, -0.15) is 0 Å². The summed E-state index contributed by atoms with van der Waals surface area (Å²) in [7, 11) is 0. The standard InChI is InChI=1S/C21H15ClN2O.3C2H6/c1-10-11(2)19(22)12(3)17-16(10)20-23-14-8-4-6-13-7-5-9-15(18(13)14)24(20)21(17)25;3*1-2/h4-9H,1-3H3;3*1-2H3. The van der Waals surface area contributed by atoms with Crippen LogP contribution in [0.5, 0.6) is 0 Å². The van der Waals surface area contributed by atoms with Crippen LogP contribution in [0.3, 0.4) is 0 Å². The van der Waals surface area contributed by atoms with E-state index in [1.165, 1.54) is 0 Å². The van der Waals surface area contributed by atoms with E-state index >= 15 is 0 Å². The number of amidine groups is 1. The molecule has 2 aliphatic heterocycles. The molecule has 0 saturated heterocycles. The molecule has 0 aromatic heterocycles. The molecule has 164 valence electrons. The van der Waals surface area contributed by atoms with Crippen LogP contribution in [0.1, 0.15) is 74.2 Å². The SMILES string of the molecule is CC.CC.CC.Cc1c(C)c2c(c(C)c1Cl)C(=O)N1C2=Nc2cccc3cccc1c23. The number of benzene rings is 3. The maximum atomic E-state index is 13.3. The van der Waals surface area contributed by atoms with Crippen LogP contribution in [0.4, 0.5) is 11.4 Å². The normalized spacial score (nSPS) is 12.4. The largest absolute Gasteiger partial charge is 0.268 e. The zero-order valence-corrected chi connectivity index (χ0v) is 20.9. The van der Waals surface area contributed by atoms with Crippen molar-refractivity contribution in [3.63, 3.8) is 0 Å². The van der Waals surface area contributed by atoms with Gasteiger partial charge in [0.05, 0.1) is 16.9 Å². The molecule has 5 rings (SSSR count). The lowest BCUT2D eigenvalue weighted by Crippen LogP contribution is -2.31. The van der Waals surface area contributed by atoms with E-state index in [1.54, 1.807) is 4.90 Å². The molecule has 31 heavy (non-hydrogen) atoms. The number of rotatable bonds is 0. The van der Waals surface area contributed by atoms with Gasteiger partial charge in [0, 0.05) is 16.0 Å². The molecule has 0 atom stereocenters. The average molecular weight is 437 g/mol. The molecule has 3 aromatic rings. The zero-order chi connectivity index (χ0) is 23.5. The Hall–Kier alpha value is -2.65. The molecule has 0 fully saturated rings. The fraction of sp³-hybridized carbons (Fsp3) is 0.333. The number of carbonyl (C=O) groups is 1. The molecular weight excluding hydrogens is 404 g/mol. The van der Waals surface area contributed by atoms with Gasteiger partial charge < -0.3 is 0 Å². The number of nitrogens with zero attached hydrogens (tertiary/aromatic N) is 2. The Labute approximate surface area is 191 Å². The topological polar surface area (TPSA) is 32.7 Å². The third kappa shape index (κ3) is 3.65. The van der Waals surface area contributed by atoms with E-state index in [0.717, 1.165) is 44.4 Å². The molecule has 0 unspecified atom stereocenters. The predicted molar refractivity (Wildman–Crippen MR) is 137 cm³/mol. The van der Waals surface area contributed by atoms with Crippen molar-refractivity contribution in [2.75, 3.05) is 4.90 Å². The first kappa shape index (κ1) is 24.6. The predicted octanol–water partition coefficient (Wildman–Crippen LogP) is 8.55. The van der Waals surface area contributed by atoms with E-state index in [9.17, 15) is 4.79 Å². The summed E-state index contributed by atoms with van der Waals surface area (Å²) in [6, 6.07) is 12.1. The lowest BCUT2D eigenvalue weighted by molar-refractivity contribution is 0.101. The van der Waals surface area contributed by atoms with Gasteiger partial charge in [-0.25, -0.2) is 4.99 Å². The van der Waals surface area contributed by atoms with Crippen molar-refractivity contribution in [1.29, 1.82) is 0 Å². The first-order valence-corrected chi connectivity index (χ1v) is 11.6. The molecule has 2 aliphatic rings. The number of aliphatic imine (C=N–C) groups is 1. The summed E-state index contributed by atoms with van der Waals surface area (Å²) in [6.07, 6.45) is 0. The number of hydrogen-bond donors (Lipinski definition) is 0. The molecule has 2 heterocycles. The first-order valence-electron chi connectivity index (χ1n) is 11.2. The Morgan fingerprint density at radius 1 is 0.774 bits per heavy atom. The molecule has 1 amide bonds. The number of halogens is 1. The van der Waals surface area contributed by atoms with Gasteiger partial charge in [0.1, 0.15) is 5.84 Å². The van der Waals surface area contributed by atoms with E-state index < -0.39 is 0 Å². The van der Waals surface area contributed by atoms with Gasteiger partial charge in [0.25, 0.3) is 5.91 Å². The number of fused-ring (bicyclic) bond motifs is 4. The number of amides is 1. The van der Waals surface area contributed by atoms with Crippen molar-refractivity contribution in [2.45, 2.75) is 62.3 Å². The molecule has 4 heteroatoms. The quantitative estimate of drug-likeness (QED) is 0.347. The number of anilines is 1. The summed E-state index contributed by atoms with van der Waals surface area (Å²) in [6.45, 7) is 17.9. The summed E-state index contributed by atoms with van der Waals surface area (Å²) in [5, 5.41) is 2.78. The highest BCUT2D eigenvalue weighted by Gasteiger charge is 2.41. The minimum atomic E-state index is -0.0433. The van der Waals surface area contributed by atoms with E-state index in [-0.39, 0.29) is 5.91 Å². The molecule has 0 bridgehead atoms. The first-order chi connectivity index (χ1) is 15.0. The van der Waals surface area contributed by atoms with Crippen molar-refractivity contribution < 1.29 is 4.79 Å². The van der Waals surface area contributed by atoms with Gasteiger partial charge in [-0.15, -0.1) is 0 Å². The Morgan fingerprint density at radius 2 is 1.35 bits per heavy atom. The summed E-state index contributed by atoms with van der Waals surface area (Å²) < 4.78 is 0. The Morgan fingerprint density at radius 3 is 1.97 bits per heavy atom. The van der Waals surface area contributed by atoms with Gasteiger partial charge >= 0.3 is 0 Å². The molecule has 0 spiro atoms. The minimum absolute atomic E-state index is 0.0433. The highest BCUT2D eigenvalue weighted by molar-refractivity contribution is 6.42. The van der Waals surface area contributed by atoms with E-state index in [0.29, 0.717) is 16.4 Å². The van der Waals surface area contributed by atoms with Crippen LogP contribution in [-0.4, -0.2) is 11.7 Å². The number of hydrogen-bond acceptors (Lipinski definition) is 2. The fourth-order valence-corrected chi connectivity index (χ4v) is 4.25. The third-order valence-corrected chi connectivity index (χ3v) is 5.97. The van der Waals surface area contributed by atoms with Crippen molar-refractivity contribution in [1.82, 2.24) is 0 Å². The van der Waals surface area contributed by atoms with Crippen LogP contribution in [0, 0.1) is 20.8 Å². The average Bonchev–Trinajstić information content (AvgIpc) is 3.13. The molecule has 0 N–H and O–H groups in total. The smallest absolute Gasteiger partial charge is 0.265 e. The second kappa shape index (κ2) is 10.1. The lowest BCUT2D eigenvalue weighted by atomic mass is 9.94. The van der Waals surface area contributed by atoms with Gasteiger partial charge in [-0.1, -0.05) is 77.4 Å². The zero-order valence-electron chi connectivity index (χ0n) is 20.1. The molecule has 0 radical (unpaired) electrons.